The van der Waals surface area contributed by atoms with Crippen LogP contribution in [0.1, 0.15) is 45.1 Å². The number of thioether (sulfide) groups is 1. The molecule has 0 radical (unpaired) electrons. The van der Waals surface area contributed by atoms with E-state index >= 15 is 0 Å². The summed E-state index contributed by atoms with van der Waals surface area (Å²) < 4.78 is 0. The normalized spacial score (nSPS) is 16.2. The van der Waals surface area contributed by atoms with Crippen LogP contribution in [0.2, 0.25) is 5.02 Å². The van der Waals surface area contributed by atoms with E-state index in [1.165, 1.54) is 41.9 Å². The summed E-state index contributed by atoms with van der Waals surface area (Å²) in [6, 6.07) is 6.32. The van der Waals surface area contributed by atoms with Crippen LogP contribution in [-0.4, -0.2) is 12.3 Å². The van der Waals surface area contributed by atoms with Crippen LogP contribution in [0.25, 0.3) is 0 Å². The molecule has 0 aromatic heterocycles. The molecule has 1 aliphatic carbocycles. The van der Waals surface area contributed by atoms with E-state index in [0.29, 0.717) is 5.92 Å². The third-order valence-corrected chi connectivity index (χ3v) is 5.42. The fourth-order valence-electron chi connectivity index (χ4n) is 2.71. The second kappa shape index (κ2) is 8.31. The van der Waals surface area contributed by atoms with Gasteiger partial charge in [0.2, 0.25) is 0 Å². The first-order chi connectivity index (χ1) is 9.65. The first-order valence-corrected chi connectivity index (χ1v) is 9.13. The highest BCUT2D eigenvalue weighted by atomic mass is 35.5. The lowest BCUT2D eigenvalue weighted by atomic mass is 10.1. The van der Waals surface area contributed by atoms with Gasteiger partial charge in [-0.2, -0.15) is 0 Å². The number of hydrogen-bond donors (Lipinski definition) is 1. The molecule has 1 aromatic carbocycles. The molecule has 3 heteroatoms. The number of rotatable bonds is 7. The fraction of sp³-hybridized carbons (Fsp3) is 0.647. The van der Waals surface area contributed by atoms with Crippen molar-refractivity contribution in [2.45, 2.75) is 51.0 Å². The van der Waals surface area contributed by atoms with Gasteiger partial charge in [0.05, 0.1) is 0 Å². The van der Waals surface area contributed by atoms with Crippen molar-refractivity contribution < 1.29 is 0 Å². The van der Waals surface area contributed by atoms with E-state index in [9.17, 15) is 0 Å². The van der Waals surface area contributed by atoms with Crippen molar-refractivity contribution in [3.63, 3.8) is 0 Å². The summed E-state index contributed by atoms with van der Waals surface area (Å²) in [5.74, 6) is 2.87. The van der Waals surface area contributed by atoms with E-state index in [1.807, 2.05) is 17.8 Å². The second-order valence-electron chi connectivity index (χ2n) is 6.24. The van der Waals surface area contributed by atoms with Crippen LogP contribution >= 0.6 is 23.4 Å². The molecule has 0 heterocycles. The predicted molar refractivity (Wildman–Crippen MR) is 90.7 cm³/mol. The lowest BCUT2D eigenvalue weighted by Gasteiger charge is -2.14. The fourth-order valence-corrected chi connectivity index (χ4v) is 4.13. The highest BCUT2D eigenvalue weighted by Gasteiger charge is 2.16. The van der Waals surface area contributed by atoms with Gasteiger partial charge in [0.1, 0.15) is 0 Å². The Labute approximate surface area is 132 Å². The molecule has 1 fully saturated rings. The molecule has 1 nitrogen and oxygen atoms in total. The molecule has 1 aromatic rings. The molecule has 2 rings (SSSR count). The lowest BCUT2D eigenvalue weighted by molar-refractivity contribution is 0.550. The van der Waals surface area contributed by atoms with E-state index in [-0.39, 0.29) is 0 Å². The molecular formula is C17H26ClNS. The average Bonchev–Trinajstić information content (AvgIpc) is 2.90. The Hall–Kier alpha value is -0.180. The van der Waals surface area contributed by atoms with Gasteiger partial charge in [-0.1, -0.05) is 38.3 Å². The second-order valence-corrected chi connectivity index (χ2v) is 7.74. The molecular weight excluding hydrogens is 286 g/mol. The molecule has 1 saturated carbocycles. The lowest BCUT2D eigenvalue weighted by Crippen LogP contribution is -2.19. The van der Waals surface area contributed by atoms with Gasteiger partial charge in [-0.15, -0.1) is 11.8 Å². The first kappa shape index (κ1) is 16.2. The van der Waals surface area contributed by atoms with Gasteiger partial charge in [-0.3, -0.25) is 0 Å². The average molecular weight is 312 g/mol. The highest BCUT2D eigenvalue weighted by Crippen LogP contribution is 2.33. The van der Waals surface area contributed by atoms with Crippen LogP contribution in [0.3, 0.4) is 0 Å². The van der Waals surface area contributed by atoms with Crippen LogP contribution < -0.4 is 5.32 Å². The zero-order chi connectivity index (χ0) is 14.4. The van der Waals surface area contributed by atoms with Crippen molar-refractivity contribution in [2.75, 3.05) is 12.3 Å². The van der Waals surface area contributed by atoms with Crippen LogP contribution in [0.4, 0.5) is 0 Å². The van der Waals surface area contributed by atoms with E-state index in [0.717, 1.165) is 24.0 Å². The zero-order valence-electron chi connectivity index (χ0n) is 12.6. The number of benzene rings is 1. The van der Waals surface area contributed by atoms with E-state index < -0.39 is 0 Å². The van der Waals surface area contributed by atoms with Crippen LogP contribution in [0.5, 0.6) is 0 Å². The van der Waals surface area contributed by atoms with Crippen molar-refractivity contribution in [2.24, 2.45) is 11.8 Å². The van der Waals surface area contributed by atoms with Crippen LogP contribution in [0, 0.1) is 11.8 Å². The molecule has 0 saturated heterocycles. The Bertz CT molecular complexity index is 413. The Balaban J connectivity index is 1.91. The molecule has 0 atom stereocenters. The maximum absolute atomic E-state index is 6.15. The molecule has 20 heavy (non-hydrogen) atoms. The zero-order valence-corrected chi connectivity index (χ0v) is 14.2. The molecule has 0 spiro atoms. The van der Waals surface area contributed by atoms with Crippen molar-refractivity contribution >= 4 is 23.4 Å². The largest absolute Gasteiger partial charge is 0.312 e. The molecule has 0 aliphatic heterocycles. The molecule has 112 valence electrons. The molecule has 0 unspecified atom stereocenters. The molecule has 1 aliphatic rings. The number of nitrogens with one attached hydrogen (secondary N) is 1. The van der Waals surface area contributed by atoms with Gasteiger partial charge in [0.25, 0.3) is 0 Å². The van der Waals surface area contributed by atoms with Gasteiger partial charge in [-0.05, 0) is 55.0 Å². The summed E-state index contributed by atoms with van der Waals surface area (Å²) in [5, 5.41) is 4.37. The minimum absolute atomic E-state index is 0.684. The Morgan fingerprint density at radius 3 is 2.75 bits per heavy atom. The van der Waals surface area contributed by atoms with Gasteiger partial charge in [0, 0.05) is 22.2 Å². The minimum atomic E-state index is 0.684. The summed E-state index contributed by atoms with van der Waals surface area (Å²) in [7, 11) is 0. The van der Waals surface area contributed by atoms with Crippen molar-refractivity contribution in [3.8, 4) is 0 Å². The van der Waals surface area contributed by atoms with E-state index in [4.69, 9.17) is 11.6 Å². The van der Waals surface area contributed by atoms with Crippen molar-refractivity contribution in [1.29, 1.82) is 0 Å². The predicted octanol–water partition coefficient (Wildman–Crippen LogP) is 5.37. The highest BCUT2D eigenvalue weighted by molar-refractivity contribution is 7.99. The van der Waals surface area contributed by atoms with Gasteiger partial charge < -0.3 is 5.32 Å². The first-order valence-electron chi connectivity index (χ1n) is 7.77. The SMILES string of the molecule is CC(C)CNCc1cc(Cl)ccc1SCC1CCCC1. The van der Waals surface area contributed by atoms with Gasteiger partial charge in [-0.25, -0.2) is 0 Å². The van der Waals surface area contributed by atoms with E-state index in [2.05, 4.69) is 31.3 Å². The molecule has 0 amide bonds. The summed E-state index contributed by atoms with van der Waals surface area (Å²) in [6.45, 7) is 6.45. The topological polar surface area (TPSA) is 12.0 Å². The van der Waals surface area contributed by atoms with Crippen LogP contribution in [0.15, 0.2) is 23.1 Å². The Morgan fingerprint density at radius 1 is 1.30 bits per heavy atom. The van der Waals surface area contributed by atoms with Gasteiger partial charge >= 0.3 is 0 Å². The number of hydrogen-bond acceptors (Lipinski definition) is 2. The molecule has 1 N–H and O–H groups in total. The van der Waals surface area contributed by atoms with Crippen molar-refractivity contribution in [1.82, 2.24) is 5.32 Å². The van der Waals surface area contributed by atoms with Crippen molar-refractivity contribution in [3.05, 3.63) is 28.8 Å². The number of halogens is 1. The summed E-state index contributed by atoms with van der Waals surface area (Å²) >= 11 is 8.16. The Morgan fingerprint density at radius 2 is 2.05 bits per heavy atom. The summed E-state index contributed by atoms with van der Waals surface area (Å²) in [6.07, 6.45) is 5.69. The summed E-state index contributed by atoms with van der Waals surface area (Å²) in [4.78, 5) is 1.40. The summed E-state index contributed by atoms with van der Waals surface area (Å²) in [5.41, 5.74) is 1.35. The monoisotopic (exact) mass is 311 g/mol. The van der Waals surface area contributed by atoms with Gasteiger partial charge in [0.15, 0.2) is 0 Å². The smallest absolute Gasteiger partial charge is 0.0410 e. The van der Waals surface area contributed by atoms with E-state index in [1.54, 1.807) is 0 Å². The third-order valence-electron chi connectivity index (χ3n) is 3.84. The Kier molecular flexibility index (Phi) is 6.73. The maximum atomic E-state index is 6.15. The standard InChI is InChI=1S/C17H26ClNS/c1-13(2)10-19-11-15-9-16(18)7-8-17(15)20-12-14-5-3-4-6-14/h7-9,13-14,19H,3-6,10-12H2,1-2H3. The quantitative estimate of drug-likeness (QED) is 0.680. The maximum Gasteiger partial charge on any atom is 0.0410 e. The minimum Gasteiger partial charge on any atom is -0.312 e. The van der Waals surface area contributed by atoms with Crippen LogP contribution in [-0.2, 0) is 6.54 Å². The third kappa shape index (κ3) is 5.31. The molecule has 0 bridgehead atoms.